The summed E-state index contributed by atoms with van der Waals surface area (Å²) in [4.78, 5) is 24.8. The third-order valence-electron chi connectivity index (χ3n) is 5.73. The van der Waals surface area contributed by atoms with E-state index in [1.165, 1.54) is 0 Å². The summed E-state index contributed by atoms with van der Waals surface area (Å²) in [6, 6.07) is 22.5. The third-order valence-corrected chi connectivity index (χ3v) is 5.73. The van der Waals surface area contributed by atoms with Crippen LogP contribution in [0.5, 0.6) is 5.75 Å². The molecular weight excluding hydrogens is 416 g/mol. The molecule has 1 unspecified atom stereocenters. The van der Waals surface area contributed by atoms with E-state index in [1.54, 1.807) is 30.3 Å². The van der Waals surface area contributed by atoms with Crippen LogP contribution in [0.15, 0.2) is 77.9 Å². The van der Waals surface area contributed by atoms with Crippen molar-refractivity contribution in [2.24, 2.45) is 10.8 Å². The number of primary amides is 1. The first-order valence-electron chi connectivity index (χ1n) is 10.7. The predicted molar refractivity (Wildman–Crippen MR) is 128 cm³/mol. The van der Waals surface area contributed by atoms with Gasteiger partial charge in [-0.1, -0.05) is 48.5 Å². The minimum Gasteiger partial charge on any atom is -0.497 e. The van der Waals surface area contributed by atoms with E-state index < -0.39 is 5.91 Å². The van der Waals surface area contributed by atoms with Crippen molar-refractivity contribution in [1.82, 2.24) is 5.01 Å². The number of hydrogen-bond acceptors (Lipinski definition) is 5. The predicted octanol–water partition coefficient (Wildman–Crippen LogP) is 3.89. The smallest absolute Gasteiger partial charge is 0.262 e. The molecule has 0 fully saturated rings. The molecular formula is C26H26N4O3. The van der Waals surface area contributed by atoms with E-state index >= 15 is 0 Å². The first kappa shape index (κ1) is 22.1. The lowest BCUT2D eigenvalue weighted by Crippen LogP contribution is -2.32. The van der Waals surface area contributed by atoms with Gasteiger partial charge in [0.05, 0.1) is 25.4 Å². The fraction of sp³-hybridized carbons (Fsp3) is 0.192. The Labute approximate surface area is 192 Å². The number of benzene rings is 3. The van der Waals surface area contributed by atoms with Crippen molar-refractivity contribution in [3.05, 3.63) is 95.1 Å². The van der Waals surface area contributed by atoms with Crippen LogP contribution in [0.25, 0.3) is 0 Å². The lowest BCUT2D eigenvalue weighted by Gasteiger charge is -2.23. The van der Waals surface area contributed by atoms with Crippen molar-refractivity contribution in [3.8, 4) is 5.75 Å². The maximum Gasteiger partial charge on any atom is 0.262 e. The molecule has 0 bridgehead atoms. The van der Waals surface area contributed by atoms with Crippen LogP contribution in [0, 0.1) is 6.92 Å². The largest absolute Gasteiger partial charge is 0.497 e. The van der Waals surface area contributed by atoms with Gasteiger partial charge in [-0.05, 0) is 47.9 Å². The SMILES string of the molecule is COc1ccc(C2CC(c3ccccc3)=NN2C(=O)CNc2cc(C(N)=O)ccc2C)cc1. The highest BCUT2D eigenvalue weighted by Crippen LogP contribution is 2.33. The summed E-state index contributed by atoms with van der Waals surface area (Å²) >= 11 is 0. The second kappa shape index (κ2) is 9.56. The van der Waals surface area contributed by atoms with E-state index in [2.05, 4.69) is 5.32 Å². The molecule has 3 N–H and O–H groups in total. The van der Waals surface area contributed by atoms with Gasteiger partial charge in [0.2, 0.25) is 5.91 Å². The molecule has 1 heterocycles. The summed E-state index contributed by atoms with van der Waals surface area (Å²) in [5.41, 5.74) is 10.2. The quantitative estimate of drug-likeness (QED) is 0.580. The summed E-state index contributed by atoms with van der Waals surface area (Å²) in [5, 5.41) is 9.38. The fourth-order valence-corrected chi connectivity index (χ4v) is 3.85. The highest BCUT2D eigenvalue weighted by atomic mass is 16.5. The van der Waals surface area contributed by atoms with Crippen molar-refractivity contribution >= 4 is 23.2 Å². The molecule has 1 aliphatic rings. The van der Waals surface area contributed by atoms with Crippen molar-refractivity contribution < 1.29 is 14.3 Å². The maximum atomic E-state index is 13.3. The molecule has 3 aromatic rings. The van der Waals surface area contributed by atoms with Gasteiger partial charge in [-0.25, -0.2) is 5.01 Å². The number of amides is 2. The van der Waals surface area contributed by atoms with Crippen LogP contribution in [0.2, 0.25) is 0 Å². The molecule has 0 saturated heterocycles. The van der Waals surface area contributed by atoms with E-state index in [4.69, 9.17) is 15.6 Å². The Bertz CT molecular complexity index is 1190. The standard InChI is InChI=1S/C26H26N4O3/c1-17-8-9-20(26(27)32)14-22(17)28-16-25(31)30-24(19-10-12-21(33-2)13-11-19)15-23(29-30)18-6-4-3-5-7-18/h3-14,24,28H,15-16H2,1-2H3,(H2,27,32). The minimum absolute atomic E-state index is 0.0290. The van der Waals surface area contributed by atoms with Crippen molar-refractivity contribution in [2.75, 3.05) is 19.0 Å². The number of carbonyl (C=O) groups excluding carboxylic acids is 2. The zero-order valence-corrected chi connectivity index (χ0v) is 18.6. The molecule has 0 spiro atoms. The Kier molecular flexibility index (Phi) is 6.40. The second-order valence-electron chi connectivity index (χ2n) is 7.89. The summed E-state index contributed by atoms with van der Waals surface area (Å²) in [7, 11) is 1.62. The first-order chi connectivity index (χ1) is 16.0. The number of nitrogens with one attached hydrogen (secondary N) is 1. The summed E-state index contributed by atoms with van der Waals surface area (Å²) in [6.07, 6.45) is 0.609. The van der Waals surface area contributed by atoms with Gasteiger partial charge in [-0.15, -0.1) is 0 Å². The van der Waals surface area contributed by atoms with Crippen molar-refractivity contribution in [1.29, 1.82) is 0 Å². The fourth-order valence-electron chi connectivity index (χ4n) is 3.85. The van der Waals surface area contributed by atoms with Crippen molar-refractivity contribution in [3.63, 3.8) is 0 Å². The number of nitrogens with zero attached hydrogens (tertiary/aromatic N) is 2. The van der Waals surface area contributed by atoms with Gasteiger partial charge in [0, 0.05) is 17.7 Å². The summed E-state index contributed by atoms with van der Waals surface area (Å²) in [6.45, 7) is 1.93. The average Bonchev–Trinajstić information content (AvgIpc) is 3.29. The van der Waals surface area contributed by atoms with Crippen LogP contribution >= 0.6 is 0 Å². The van der Waals surface area contributed by atoms with E-state index in [-0.39, 0.29) is 18.5 Å². The molecule has 7 heteroatoms. The molecule has 0 radical (unpaired) electrons. The van der Waals surface area contributed by atoms with Crippen LogP contribution < -0.4 is 15.8 Å². The number of methoxy groups -OCH3 is 1. The van der Waals surface area contributed by atoms with Crippen LogP contribution in [-0.4, -0.2) is 36.2 Å². The van der Waals surface area contributed by atoms with Crippen LogP contribution in [-0.2, 0) is 4.79 Å². The molecule has 0 saturated carbocycles. The van der Waals surface area contributed by atoms with Gasteiger partial charge in [0.1, 0.15) is 5.75 Å². The number of carbonyl (C=O) groups is 2. The molecule has 1 aliphatic heterocycles. The summed E-state index contributed by atoms with van der Waals surface area (Å²) < 4.78 is 5.27. The highest BCUT2D eigenvalue weighted by Gasteiger charge is 2.33. The zero-order chi connectivity index (χ0) is 23.4. The molecule has 3 aromatic carbocycles. The van der Waals surface area contributed by atoms with Gasteiger partial charge in [0.15, 0.2) is 0 Å². The molecule has 1 atom stereocenters. The average molecular weight is 443 g/mol. The Morgan fingerprint density at radius 1 is 1.09 bits per heavy atom. The Balaban J connectivity index is 1.58. The number of nitrogens with two attached hydrogens (primary N) is 1. The number of rotatable bonds is 7. The van der Waals surface area contributed by atoms with Crippen LogP contribution in [0.4, 0.5) is 5.69 Å². The zero-order valence-electron chi connectivity index (χ0n) is 18.6. The molecule has 33 heavy (non-hydrogen) atoms. The topological polar surface area (TPSA) is 97.0 Å². The van der Waals surface area contributed by atoms with E-state index in [0.29, 0.717) is 17.7 Å². The Morgan fingerprint density at radius 2 is 1.82 bits per heavy atom. The highest BCUT2D eigenvalue weighted by molar-refractivity contribution is 6.03. The number of hydrazone groups is 1. The number of anilines is 1. The molecule has 0 aliphatic carbocycles. The van der Waals surface area contributed by atoms with Gasteiger partial charge < -0.3 is 15.8 Å². The molecule has 4 rings (SSSR count). The Hall–Kier alpha value is -4.13. The number of ether oxygens (including phenoxy) is 1. The minimum atomic E-state index is -0.513. The van der Waals surface area contributed by atoms with E-state index in [0.717, 1.165) is 28.2 Å². The maximum absolute atomic E-state index is 13.3. The first-order valence-corrected chi connectivity index (χ1v) is 10.7. The Morgan fingerprint density at radius 3 is 2.48 bits per heavy atom. The second-order valence-corrected chi connectivity index (χ2v) is 7.89. The van der Waals surface area contributed by atoms with E-state index in [9.17, 15) is 9.59 Å². The summed E-state index contributed by atoms with van der Waals surface area (Å²) in [5.74, 6) is 0.0662. The van der Waals surface area contributed by atoms with Crippen LogP contribution in [0.3, 0.4) is 0 Å². The third kappa shape index (κ3) is 4.87. The molecule has 7 nitrogen and oxygen atoms in total. The van der Waals surface area contributed by atoms with Crippen LogP contribution in [0.1, 0.15) is 39.5 Å². The molecule has 2 amide bonds. The monoisotopic (exact) mass is 442 g/mol. The number of aryl methyl sites for hydroxylation is 1. The van der Waals surface area contributed by atoms with Gasteiger partial charge in [0.25, 0.3) is 5.91 Å². The lowest BCUT2D eigenvalue weighted by molar-refractivity contribution is -0.131. The molecule has 168 valence electrons. The lowest BCUT2D eigenvalue weighted by atomic mass is 9.98. The van der Waals surface area contributed by atoms with Gasteiger partial charge >= 0.3 is 0 Å². The van der Waals surface area contributed by atoms with E-state index in [1.807, 2.05) is 61.5 Å². The van der Waals surface area contributed by atoms with Gasteiger partial charge in [-0.2, -0.15) is 5.10 Å². The van der Waals surface area contributed by atoms with Crippen molar-refractivity contribution in [2.45, 2.75) is 19.4 Å². The molecule has 0 aromatic heterocycles. The van der Waals surface area contributed by atoms with Gasteiger partial charge in [-0.3, -0.25) is 9.59 Å². The normalized spacial score (nSPS) is 15.2. The number of hydrogen-bond donors (Lipinski definition) is 2.